The first-order valence-corrected chi connectivity index (χ1v) is 4.24. The molecule has 0 spiro atoms. The van der Waals surface area contributed by atoms with Crippen molar-refractivity contribution >= 4 is 11.6 Å². The summed E-state index contributed by atoms with van der Waals surface area (Å²) in [5.41, 5.74) is 0.442. The summed E-state index contributed by atoms with van der Waals surface area (Å²) in [6.45, 7) is 0. The second-order valence-corrected chi connectivity index (χ2v) is 2.90. The van der Waals surface area contributed by atoms with Crippen molar-refractivity contribution in [2.45, 2.75) is 19.0 Å². The zero-order valence-corrected chi connectivity index (χ0v) is 7.71. The fraction of sp³-hybridized carbons (Fsp3) is 0.333. The zero-order valence-electron chi connectivity index (χ0n) is 7.71. The van der Waals surface area contributed by atoms with Gasteiger partial charge in [-0.05, 0) is 12.1 Å². The Hall–Kier alpha value is -1.59. The Morgan fingerprint density at radius 3 is 2.47 bits per heavy atom. The molecule has 0 saturated carbocycles. The summed E-state index contributed by atoms with van der Waals surface area (Å²) in [7, 11) is 0. The van der Waals surface area contributed by atoms with Crippen molar-refractivity contribution in [2.75, 3.05) is 5.32 Å². The molecule has 0 aromatic carbocycles. The van der Waals surface area contributed by atoms with Gasteiger partial charge < -0.3 is 5.32 Å². The summed E-state index contributed by atoms with van der Waals surface area (Å²) >= 11 is 0. The largest absolute Gasteiger partial charge is 0.389 e. The fourth-order valence-electron chi connectivity index (χ4n) is 0.914. The Morgan fingerprint density at radius 1 is 1.33 bits per heavy atom. The normalized spacial score (nSPS) is 11.1. The van der Waals surface area contributed by atoms with Crippen LogP contribution in [-0.4, -0.2) is 17.1 Å². The van der Waals surface area contributed by atoms with E-state index in [0.717, 1.165) is 0 Å². The maximum atomic E-state index is 11.8. The molecular formula is C9H9F3N2O. The number of pyridine rings is 1. The lowest BCUT2D eigenvalue weighted by Gasteiger charge is -2.06. The Morgan fingerprint density at radius 2 is 1.93 bits per heavy atom. The van der Waals surface area contributed by atoms with Crippen LogP contribution in [-0.2, 0) is 4.79 Å². The highest BCUT2D eigenvalue weighted by molar-refractivity contribution is 5.90. The average Bonchev–Trinajstić information content (AvgIpc) is 2.15. The van der Waals surface area contributed by atoms with Crippen LogP contribution >= 0.6 is 0 Å². The van der Waals surface area contributed by atoms with E-state index < -0.39 is 24.9 Å². The van der Waals surface area contributed by atoms with Crippen LogP contribution < -0.4 is 5.32 Å². The lowest BCUT2D eigenvalue weighted by Crippen LogP contribution is -2.16. The maximum Gasteiger partial charge on any atom is 0.389 e. The fourth-order valence-corrected chi connectivity index (χ4v) is 0.914. The lowest BCUT2D eigenvalue weighted by molar-refractivity contribution is -0.142. The molecule has 1 aromatic heterocycles. The lowest BCUT2D eigenvalue weighted by atomic mass is 10.3. The zero-order chi connectivity index (χ0) is 11.3. The highest BCUT2D eigenvalue weighted by Gasteiger charge is 2.27. The van der Waals surface area contributed by atoms with Gasteiger partial charge in [0.1, 0.15) is 0 Å². The summed E-state index contributed by atoms with van der Waals surface area (Å²) in [5, 5.41) is 2.34. The number of alkyl halides is 3. The van der Waals surface area contributed by atoms with Crippen LogP contribution in [0, 0.1) is 0 Å². The Kier molecular flexibility index (Phi) is 3.65. The van der Waals surface area contributed by atoms with Gasteiger partial charge in [0.15, 0.2) is 0 Å². The second kappa shape index (κ2) is 4.77. The molecular weight excluding hydrogens is 209 g/mol. The van der Waals surface area contributed by atoms with Crippen LogP contribution in [0.15, 0.2) is 24.5 Å². The predicted octanol–water partition coefficient (Wildman–Crippen LogP) is 2.36. The van der Waals surface area contributed by atoms with Crippen molar-refractivity contribution in [1.82, 2.24) is 4.98 Å². The monoisotopic (exact) mass is 218 g/mol. The number of halogens is 3. The number of nitrogens with one attached hydrogen (secondary N) is 1. The van der Waals surface area contributed by atoms with Gasteiger partial charge in [0, 0.05) is 24.5 Å². The van der Waals surface area contributed by atoms with Gasteiger partial charge in [0.2, 0.25) is 5.91 Å². The van der Waals surface area contributed by atoms with Gasteiger partial charge in [-0.25, -0.2) is 0 Å². The molecule has 0 saturated heterocycles. The van der Waals surface area contributed by atoms with Gasteiger partial charge in [-0.3, -0.25) is 9.78 Å². The number of nitrogens with zero attached hydrogens (tertiary/aromatic N) is 1. The van der Waals surface area contributed by atoms with E-state index in [9.17, 15) is 18.0 Å². The number of carbonyl (C=O) groups is 1. The topological polar surface area (TPSA) is 42.0 Å². The number of hydrogen-bond donors (Lipinski definition) is 1. The van der Waals surface area contributed by atoms with Gasteiger partial charge in [-0.2, -0.15) is 13.2 Å². The van der Waals surface area contributed by atoms with Crippen molar-refractivity contribution in [2.24, 2.45) is 0 Å². The molecule has 0 unspecified atom stereocenters. The van der Waals surface area contributed by atoms with Gasteiger partial charge in [0.05, 0.1) is 6.42 Å². The van der Waals surface area contributed by atoms with E-state index >= 15 is 0 Å². The molecule has 3 nitrogen and oxygen atoms in total. The minimum absolute atomic E-state index is 0.442. The van der Waals surface area contributed by atoms with E-state index in [-0.39, 0.29) is 0 Å². The smallest absolute Gasteiger partial charge is 0.326 e. The van der Waals surface area contributed by atoms with Crippen molar-refractivity contribution in [1.29, 1.82) is 0 Å². The van der Waals surface area contributed by atoms with E-state index in [1.165, 1.54) is 24.5 Å². The van der Waals surface area contributed by atoms with Crippen LogP contribution in [0.3, 0.4) is 0 Å². The minimum atomic E-state index is -4.30. The average molecular weight is 218 g/mol. The number of rotatable bonds is 3. The molecule has 1 rings (SSSR count). The minimum Gasteiger partial charge on any atom is -0.326 e. The van der Waals surface area contributed by atoms with Crippen LogP contribution in [0.25, 0.3) is 0 Å². The van der Waals surface area contributed by atoms with Crippen LogP contribution in [0.2, 0.25) is 0 Å². The van der Waals surface area contributed by atoms with Crippen molar-refractivity contribution < 1.29 is 18.0 Å². The third-order valence-electron chi connectivity index (χ3n) is 1.60. The molecule has 15 heavy (non-hydrogen) atoms. The molecule has 1 N–H and O–H groups in total. The van der Waals surface area contributed by atoms with E-state index in [0.29, 0.717) is 5.69 Å². The SMILES string of the molecule is O=C(CCC(F)(F)F)Nc1ccncc1. The Balaban J connectivity index is 2.38. The Labute approximate surface area is 84.3 Å². The number of anilines is 1. The Bertz CT molecular complexity index is 324. The molecule has 1 heterocycles. The molecule has 0 bridgehead atoms. The molecule has 0 atom stereocenters. The summed E-state index contributed by atoms with van der Waals surface area (Å²) in [4.78, 5) is 14.7. The number of amides is 1. The third kappa shape index (κ3) is 4.99. The first-order valence-electron chi connectivity index (χ1n) is 4.24. The molecule has 0 fully saturated rings. The molecule has 0 aliphatic carbocycles. The van der Waals surface area contributed by atoms with Crippen LogP contribution in [0.1, 0.15) is 12.8 Å². The highest BCUT2D eigenvalue weighted by atomic mass is 19.4. The number of hydrogen-bond acceptors (Lipinski definition) is 2. The molecule has 1 aromatic rings. The molecule has 1 amide bonds. The van der Waals surface area contributed by atoms with Gasteiger partial charge in [-0.15, -0.1) is 0 Å². The van der Waals surface area contributed by atoms with Crippen LogP contribution in [0.5, 0.6) is 0 Å². The second-order valence-electron chi connectivity index (χ2n) is 2.90. The maximum absolute atomic E-state index is 11.8. The molecule has 0 aliphatic rings. The van der Waals surface area contributed by atoms with Crippen molar-refractivity contribution in [3.05, 3.63) is 24.5 Å². The first kappa shape index (κ1) is 11.5. The quantitative estimate of drug-likeness (QED) is 0.846. The molecule has 0 radical (unpaired) electrons. The summed E-state index contributed by atoms with van der Waals surface area (Å²) in [6.07, 6.45) is -3.08. The summed E-state index contributed by atoms with van der Waals surface area (Å²) in [6, 6.07) is 3.01. The number of carbonyl (C=O) groups excluding carboxylic acids is 1. The van der Waals surface area contributed by atoms with E-state index in [1.54, 1.807) is 0 Å². The third-order valence-corrected chi connectivity index (χ3v) is 1.60. The summed E-state index contributed by atoms with van der Waals surface area (Å²) in [5.74, 6) is -0.654. The van der Waals surface area contributed by atoms with Gasteiger partial charge in [0.25, 0.3) is 0 Å². The number of aromatic nitrogens is 1. The predicted molar refractivity (Wildman–Crippen MR) is 48.2 cm³/mol. The van der Waals surface area contributed by atoms with E-state index in [4.69, 9.17) is 0 Å². The van der Waals surface area contributed by atoms with Gasteiger partial charge >= 0.3 is 6.18 Å². The molecule has 82 valence electrons. The first-order chi connectivity index (χ1) is 6.97. The van der Waals surface area contributed by atoms with Crippen LogP contribution in [0.4, 0.5) is 18.9 Å². The van der Waals surface area contributed by atoms with E-state index in [2.05, 4.69) is 10.3 Å². The molecule has 6 heteroatoms. The van der Waals surface area contributed by atoms with Gasteiger partial charge in [-0.1, -0.05) is 0 Å². The molecule has 0 aliphatic heterocycles. The highest BCUT2D eigenvalue weighted by Crippen LogP contribution is 2.21. The summed E-state index contributed by atoms with van der Waals surface area (Å²) < 4.78 is 35.3. The van der Waals surface area contributed by atoms with Crippen molar-refractivity contribution in [3.63, 3.8) is 0 Å². The standard InChI is InChI=1S/C9H9F3N2O/c10-9(11,12)4-1-8(15)14-7-2-5-13-6-3-7/h2-3,5-6H,1,4H2,(H,13,14,15). The van der Waals surface area contributed by atoms with Crippen molar-refractivity contribution in [3.8, 4) is 0 Å². The van der Waals surface area contributed by atoms with E-state index in [1.807, 2.05) is 0 Å².